The van der Waals surface area contributed by atoms with E-state index in [-0.39, 0.29) is 6.29 Å². The lowest BCUT2D eigenvalue weighted by Crippen LogP contribution is -2.25. The summed E-state index contributed by atoms with van der Waals surface area (Å²) in [5.74, 6) is 0.336. The summed E-state index contributed by atoms with van der Waals surface area (Å²) in [6.45, 7) is 3.35. The fourth-order valence-corrected chi connectivity index (χ4v) is 2.56. The minimum Gasteiger partial charge on any atom is -0.348 e. The van der Waals surface area contributed by atoms with Crippen LogP contribution in [0.25, 0.3) is 11.3 Å². The Hall–Kier alpha value is -1.68. The van der Waals surface area contributed by atoms with Crippen LogP contribution < -0.4 is 0 Å². The Balaban J connectivity index is 1.68. The van der Waals surface area contributed by atoms with Crippen molar-refractivity contribution >= 4 is 11.6 Å². The van der Waals surface area contributed by atoms with E-state index in [1.165, 1.54) is 0 Å². The van der Waals surface area contributed by atoms with Gasteiger partial charge >= 0.3 is 0 Å². The van der Waals surface area contributed by atoms with E-state index in [0.717, 1.165) is 21.8 Å². The van der Waals surface area contributed by atoms with Gasteiger partial charge in [0.25, 0.3) is 0 Å². The molecule has 1 aromatic heterocycles. The molecule has 1 aliphatic heterocycles. The first-order valence-corrected chi connectivity index (χ1v) is 7.72. The van der Waals surface area contributed by atoms with Crippen molar-refractivity contribution in [2.24, 2.45) is 5.92 Å². The number of nitrogens with zero attached hydrogens (tertiary/aromatic N) is 1. The minimum atomic E-state index is -0.326. The third-order valence-electron chi connectivity index (χ3n) is 3.59. The average Bonchev–Trinajstić information content (AvgIpc) is 2.57. The van der Waals surface area contributed by atoms with Gasteiger partial charge in [-0.1, -0.05) is 42.0 Å². The summed E-state index contributed by atoms with van der Waals surface area (Å²) in [5.41, 5.74) is 2.88. The highest BCUT2D eigenvalue weighted by Crippen LogP contribution is 2.27. The Morgan fingerprint density at radius 1 is 1.09 bits per heavy atom. The average molecular weight is 316 g/mol. The Morgan fingerprint density at radius 2 is 1.82 bits per heavy atom. The molecule has 2 aromatic rings. The summed E-state index contributed by atoms with van der Waals surface area (Å²) in [5, 5.41) is 0.722. The summed E-state index contributed by atoms with van der Waals surface area (Å²) in [6, 6.07) is 11.6. The Bertz CT molecular complexity index is 629. The Kier molecular flexibility index (Phi) is 4.88. The van der Waals surface area contributed by atoms with Gasteiger partial charge in [-0.2, -0.15) is 0 Å². The van der Waals surface area contributed by atoms with Gasteiger partial charge in [-0.25, -0.2) is 0 Å². The fraction of sp³-hybridized carbons (Fsp3) is 0.278. The van der Waals surface area contributed by atoms with E-state index >= 15 is 0 Å². The molecule has 0 amide bonds. The van der Waals surface area contributed by atoms with Crippen molar-refractivity contribution in [1.82, 2.24) is 4.98 Å². The fourth-order valence-electron chi connectivity index (χ4n) is 2.43. The number of aromatic nitrogens is 1. The van der Waals surface area contributed by atoms with Gasteiger partial charge in [0.05, 0.1) is 18.9 Å². The van der Waals surface area contributed by atoms with Crippen molar-refractivity contribution in [3.63, 3.8) is 0 Å². The molecular weight excluding hydrogens is 298 g/mol. The normalized spacial score (nSPS) is 22.1. The second-order valence-electron chi connectivity index (χ2n) is 5.27. The zero-order chi connectivity index (χ0) is 15.4. The molecule has 1 saturated heterocycles. The molecule has 1 fully saturated rings. The summed E-state index contributed by atoms with van der Waals surface area (Å²) >= 11 is 5.90. The van der Waals surface area contributed by atoms with Gasteiger partial charge in [-0.15, -0.1) is 0 Å². The van der Waals surface area contributed by atoms with Crippen LogP contribution in [0.5, 0.6) is 0 Å². The first-order chi connectivity index (χ1) is 10.8. The van der Waals surface area contributed by atoms with Crippen LogP contribution in [-0.2, 0) is 9.47 Å². The van der Waals surface area contributed by atoms with Crippen LogP contribution in [0.15, 0.2) is 54.7 Å². The number of hydrogen-bond donors (Lipinski definition) is 0. The molecule has 3 nitrogen and oxygen atoms in total. The van der Waals surface area contributed by atoms with Gasteiger partial charge in [0.15, 0.2) is 6.29 Å². The monoisotopic (exact) mass is 315 g/mol. The van der Waals surface area contributed by atoms with Gasteiger partial charge in [0.2, 0.25) is 0 Å². The van der Waals surface area contributed by atoms with Crippen LogP contribution in [0.2, 0.25) is 5.02 Å². The highest BCUT2D eigenvalue weighted by molar-refractivity contribution is 6.30. The zero-order valence-corrected chi connectivity index (χ0v) is 13.2. The highest BCUT2D eigenvalue weighted by atomic mass is 35.5. The van der Waals surface area contributed by atoms with Gasteiger partial charge < -0.3 is 9.47 Å². The second kappa shape index (κ2) is 7.05. The number of hydrogen-bond acceptors (Lipinski definition) is 3. The molecule has 22 heavy (non-hydrogen) atoms. The highest BCUT2D eigenvalue weighted by Gasteiger charge is 2.22. The van der Waals surface area contributed by atoms with Crippen molar-refractivity contribution in [3.05, 3.63) is 65.3 Å². The number of pyridine rings is 1. The van der Waals surface area contributed by atoms with Crippen molar-refractivity contribution in [2.45, 2.75) is 13.2 Å². The standard InChI is InChI=1S/C18H18ClNO2/c1-2-3-13-11-21-18(22-12-13)15-6-9-17(20-10-15)14-4-7-16(19)8-5-14/h2-10,13,18H,11-12H2,1H3/b3-2+. The second-order valence-corrected chi connectivity index (χ2v) is 5.70. The van der Waals surface area contributed by atoms with Crippen LogP contribution >= 0.6 is 11.6 Å². The molecule has 0 atom stereocenters. The molecule has 0 spiro atoms. The number of rotatable bonds is 3. The summed E-state index contributed by atoms with van der Waals surface area (Å²) in [7, 11) is 0. The number of halogens is 1. The topological polar surface area (TPSA) is 31.4 Å². The number of allylic oxidation sites excluding steroid dienone is 1. The molecule has 0 N–H and O–H groups in total. The quantitative estimate of drug-likeness (QED) is 0.773. The van der Waals surface area contributed by atoms with E-state index in [2.05, 4.69) is 11.1 Å². The predicted molar refractivity (Wildman–Crippen MR) is 87.6 cm³/mol. The van der Waals surface area contributed by atoms with E-state index in [9.17, 15) is 0 Å². The molecule has 0 unspecified atom stereocenters. The smallest absolute Gasteiger partial charge is 0.185 e. The van der Waals surface area contributed by atoms with E-state index < -0.39 is 0 Å². The summed E-state index contributed by atoms with van der Waals surface area (Å²) < 4.78 is 11.5. The third-order valence-corrected chi connectivity index (χ3v) is 3.84. The van der Waals surface area contributed by atoms with Crippen molar-refractivity contribution in [2.75, 3.05) is 13.2 Å². The maximum atomic E-state index is 5.90. The van der Waals surface area contributed by atoms with Crippen molar-refractivity contribution in [1.29, 1.82) is 0 Å². The maximum absolute atomic E-state index is 5.90. The van der Waals surface area contributed by atoms with E-state index in [0.29, 0.717) is 19.1 Å². The van der Waals surface area contributed by atoms with Crippen molar-refractivity contribution < 1.29 is 9.47 Å². The molecule has 0 radical (unpaired) electrons. The molecule has 3 rings (SSSR count). The lowest BCUT2D eigenvalue weighted by atomic mass is 10.1. The Morgan fingerprint density at radius 3 is 2.41 bits per heavy atom. The molecule has 0 saturated carbocycles. The predicted octanol–water partition coefficient (Wildman–Crippen LogP) is 4.64. The molecule has 0 aliphatic carbocycles. The van der Waals surface area contributed by atoms with Crippen LogP contribution in [0.3, 0.4) is 0 Å². The molecular formula is C18H18ClNO2. The van der Waals surface area contributed by atoms with Gasteiger partial charge in [-0.05, 0) is 25.1 Å². The van der Waals surface area contributed by atoms with E-state index in [4.69, 9.17) is 21.1 Å². The van der Waals surface area contributed by atoms with Gasteiger partial charge in [0, 0.05) is 28.3 Å². The molecule has 114 valence electrons. The lowest BCUT2D eigenvalue weighted by molar-refractivity contribution is -0.197. The molecule has 2 heterocycles. The lowest BCUT2D eigenvalue weighted by Gasteiger charge is -2.28. The third kappa shape index (κ3) is 3.55. The molecule has 4 heteroatoms. The van der Waals surface area contributed by atoms with Gasteiger partial charge in [0.1, 0.15) is 0 Å². The Labute approximate surface area is 135 Å². The first kappa shape index (κ1) is 15.2. The van der Waals surface area contributed by atoms with Crippen LogP contribution in [0, 0.1) is 5.92 Å². The zero-order valence-electron chi connectivity index (χ0n) is 12.4. The van der Waals surface area contributed by atoms with Crippen LogP contribution in [0.4, 0.5) is 0 Å². The SMILES string of the molecule is C/C=C/C1COC(c2ccc(-c3ccc(Cl)cc3)nc2)OC1. The van der Waals surface area contributed by atoms with Gasteiger partial charge in [-0.3, -0.25) is 4.98 Å². The largest absolute Gasteiger partial charge is 0.348 e. The molecule has 0 bridgehead atoms. The maximum Gasteiger partial charge on any atom is 0.185 e. The van der Waals surface area contributed by atoms with Crippen LogP contribution in [0.1, 0.15) is 18.8 Å². The summed E-state index contributed by atoms with van der Waals surface area (Å²) in [4.78, 5) is 4.49. The van der Waals surface area contributed by atoms with E-state index in [1.807, 2.05) is 55.6 Å². The number of ether oxygens (including phenoxy) is 2. The first-order valence-electron chi connectivity index (χ1n) is 7.34. The summed E-state index contributed by atoms with van der Waals surface area (Å²) in [6.07, 6.45) is 5.62. The minimum absolute atomic E-state index is 0.326. The van der Waals surface area contributed by atoms with E-state index in [1.54, 1.807) is 0 Å². The molecule has 1 aliphatic rings. The van der Waals surface area contributed by atoms with Crippen LogP contribution in [-0.4, -0.2) is 18.2 Å². The molecule has 1 aromatic carbocycles. The number of benzene rings is 1. The van der Waals surface area contributed by atoms with Crippen molar-refractivity contribution in [3.8, 4) is 11.3 Å².